The first-order valence-electron chi connectivity index (χ1n) is 18.6. The molecule has 0 saturated carbocycles. The zero-order chi connectivity index (χ0) is 34.1. The van der Waals surface area contributed by atoms with Gasteiger partial charge in [-0.05, 0) is 54.4 Å². The summed E-state index contributed by atoms with van der Waals surface area (Å²) < 4.78 is 8.59. The monoisotopic (exact) mass is 728 g/mol. The Labute approximate surface area is 300 Å². The van der Waals surface area contributed by atoms with Gasteiger partial charge in [-0.3, -0.25) is 10.2 Å². The second kappa shape index (κ2) is 20.1. The predicted molar refractivity (Wildman–Crippen MR) is 203 cm³/mol. The molecule has 0 bridgehead atoms. The molecule has 1 unspecified atom stereocenters. The van der Waals surface area contributed by atoms with E-state index >= 15 is 0 Å². The lowest BCUT2D eigenvalue weighted by Crippen LogP contribution is -2.35. The molecule has 0 spiro atoms. The topological polar surface area (TPSA) is 84.6 Å². The van der Waals surface area contributed by atoms with Crippen LogP contribution in [0.2, 0.25) is 0 Å². The van der Waals surface area contributed by atoms with E-state index in [2.05, 4.69) is 38.6 Å². The Bertz CT molecular complexity index is 1590. The van der Waals surface area contributed by atoms with Crippen LogP contribution >= 0.6 is 15.9 Å². The standard InChI is InChI=1S/C40H53BrN6O2/c1-2-3-4-5-6-7-8-9-10-11-12-13-14-15-16-20-29-49-35-26-24-34(25-27-35)42-39-38(47-37-28-23-33(41)30-36(37)43-45-47)40(48)46(44-39)31-32-21-18-17-19-22-32/h17-19,21-28,30,38H,2-16,20,29,31H2,1H3,(H,42,44). The first kappa shape index (κ1) is 36.6. The van der Waals surface area contributed by atoms with Crippen molar-refractivity contribution in [1.82, 2.24) is 25.4 Å². The minimum Gasteiger partial charge on any atom is -0.494 e. The number of unbranched alkanes of at least 4 members (excludes halogenated alkanes) is 15. The van der Waals surface area contributed by atoms with E-state index in [1.54, 1.807) is 9.69 Å². The molecule has 0 radical (unpaired) electrons. The van der Waals surface area contributed by atoms with E-state index < -0.39 is 6.04 Å². The molecule has 4 aromatic rings. The van der Waals surface area contributed by atoms with Crippen LogP contribution in [0.1, 0.15) is 121 Å². The first-order valence-corrected chi connectivity index (χ1v) is 19.4. The van der Waals surface area contributed by atoms with Gasteiger partial charge in [0.15, 0.2) is 11.9 Å². The molecule has 3 aromatic carbocycles. The van der Waals surface area contributed by atoms with Crippen molar-refractivity contribution in [3.8, 4) is 5.75 Å². The predicted octanol–water partition coefficient (Wildman–Crippen LogP) is 10.7. The van der Waals surface area contributed by atoms with E-state index in [1.807, 2.05) is 72.8 Å². The van der Waals surface area contributed by atoms with Gasteiger partial charge in [-0.2, -0.15) is 0 Å². The van der Waals surface area contributed by atoms with Gasteiger partial charge in [0.2, 0.25) is 0 Å². The fraction of sp³-hybridized carbons (Fsp3) is 0.500. The van der Waals surface area contributed by atoms with Crippen molar-refractivity contribution >= 4 is 44.4 Å². The van der Waals surface area contributed by atoms with Crippen LogP contribution in [0.4, 0.5) is 5.69 Å². The summed E-state index contributed by atoms with van der Waals surface area (Å²) in [6.07, 6.45) is 21.7. The molecule has 5 rings (SSSR count). The molecule has 49 heavy (non-hydrogen) atoms. The van der Waals surface area contributed by atoms with Gasteiger partial charge in [0.1, 0.15) is 11.3 Å². The summed E-state index contributed by atoms with van der Waals surface area (Å²) in [6.45, 7) is 3.40. The number of ether oxygens (including phenoxy) is 1. The highest BCUT2D eigenvalue weighted by atomic mass is 79.9. The third kappa shape index (κ3) is 11.4. The smallest absolute Gasteiger partial charge is 0.274 e. The van der Waals surface area contributed by atoms with Gasteiger partial charge >= 0.3 is 0 Å². The maximum Gasteiger partial charge on any atom is 0.274 e. The van der Waals surface area contributed by atoms with Gasteiger partial charge in [-0.15, -0.1) is 5.10 Å². The van der Waals surface area contributed by atoms with Gasteiger partial charge < -0.3 is 4.74 Å². The highest BCUT2D eigenvalue weighted by molar-refractivity contribution is 9.10. The molecule has 1 aliphatic heterocycles. The van der Waals surface area contributed by atoms with Crippen LogP contribution in [0.15, 0.2) is 82.3 Å². The molecule has 2 heterocycles. The molecule has 1 atom stereocenters. The fourth-order valence-electron chi connectivity index (χ4n) is 6.41. The summed E-state index contributed by atoms with van der Waals surface area (Å²) >= 11 is 3.50. The van der Waals surface area contributed by atoms with Crippen molar-refractivity contribution in [2.24, 2.45) is 4.99 Å². The highest BCUT2D eigenvalue weighted by Crippen LogP contribution is 2.28. The van der Waals surface area contributed by atoms with Crippen LogP contribution < -0.4 is 10.2 Å². The average Bonchev–Trinajstić information content (AvgIpc) is 3.65. The maximum absolute atomic E-state index is 13.8. The normalized spacial score (nSPS) is 15.4. The third-order valence-electron chi connectivity index (χ3n) is 9.22. The number of nitrogens with one attached hydrogen (secondary N) is 1. The molecular formula is C40H53BrN6O2. The van der Waals surface area contributed by atoms with Crippen LogP contribution in [0.25, 0.3) is 11.0 Å². The highest BCUT2D eigenvalue weighted by Gasteiger charge is 2.40. The first-order chi connectivity index (χ1) is 24.1. The molecular weight excluding hydrogens is 676 g/mol. The summed E-state index contributed by atoms with van der Waals surface area (Å²) in [5, 5.41) is 10.3. The summed E-state index contributed by atoms with van der Waals surface area (Å²) in [6, 6.07) is 22.6. The Morgan fingerprint density at radius 3 is 2.02 bits per heavy atom. The van der Waals surface area contributed by atoms with E-state index in [0.717, 1.165) is 33.4 Å². The number of benzene rings is 3. The quantitative estimate of drug-likeness (QED) is 0.0814. The van der Waals surface area contributed by atoms with Gasteiger partial charge in [0.05, 0.1) is 24.4 Å². The summed E-state index contributed by atoms with van der Waals surface area (Å²) in [7, 11) is 0. The molecule has 1 amide bonds. The minimum absolute atomic E-state index is 0.143. The number of nitrogens with zero attached hydrogens (tertiary/aromatic N) is 5. The summed E-state index contributed by atoms with van der Waals surface area (Å²) in [4.78, 5) is 18.6. The van der Waals surface area contributed by atoms with E-state index in [9.17, 15) is 4.79 Å². The number of rotatable bonds is 22. The average molecular weight is 730 g/mol. The molecule has 0 aliphatic carbocycles. The van der Waals surface area contributed by atoms with Crippen molar-refractivity contribution in [2.45, 2.75) is 122 Å². The summed E-state index contributed by atoms with van der Waals surface area (Å²) in [5.74, 6) is 1.18. The van der Waals surface area contributed by atoms with Gasteiger partial charge in [0.25, 0.3) is 5.91 Å². The van der Waals surface area contributed by atoms with Crippen molar-refractivity contribution < 1.29 is 9.53 Å². The lowest BCUT2D eigenvalue weighted by Gasteiger charge is -2.15. The molecule has 1 N–H and O–H groups in total. The second-order valence-electron chi connectivity index (χ2n) is 13.2. The lowest BCUT2D eigenvalue weighted by atomic mass is 10.0. The van der Waals surface area contributed by atoms with Crippen LogP contribution in [0, 0.1) is 0 Å². The van der Waals surface area contributed by atoms with Crippen LogP contribution in [0.5, 0.6) is 5.75 Å². The molecule has 1 saturated heterocycles. The van der Waals surface area contributed by atoms with Crippen LogP contribution in [-0.2, 0) is 11.3 Å². The zero-order valence-corrected chi connectivity index (χ0v) is 30.8. The van der Waals surface area contributed by atoms with E-state index in [4.69, 9.17) is 9.73 Å². The van der Waals surface area contributed by atoms with E-state index in [1.165, 1.54) is 96.3 Å². The largest absolute Gasteiger partial charge is 0.494 e. The van der Waals surface area contributed by atoms with E-state index in [0.29, 0.717) is 24.5 Å². The van der Waals surface area contributed by atoms with Crippen LogP contribution in [-0.4, -0.2) is 38.4 Å². The van der Waals surface area contributed by atoms with E-state index in [-0.39, 0.29) is 5.91 Å². The number of fused-ring (bicyclic) bond motifs is 1. The number of carbonyl (C=O) groups excluding carboxylic acids is 1. The molecule has 9 heteroatoms. The van der Waals surface area contributed by atoms with Gasteiger partial charge in [-0.25, -0.2) is 14.7 Å². The molecule has 1 aliphatic rings. The molecule has 8 nitrogen and oxygen atoms in total. The Morgan fingerprint density at radius 2 is 1.39 bits per heavy atom. The Morgan fingerprint density at radius 1 is 0.776 bits per heavy atom. The van der Waals surface area contributed by atoms with Crippen molar-refractivity contribution in [3.05, 3.63) is 82.8 Å². The molecule has 1 aromatic heterocycles. The number of amidine groups is 1. The third-order valence-corrected chi connectivity index (χ3v) is 9.72. The number of halogens is 1. The SMILES string of the molecule is CCCCCCCCCCCCCCCCCCOc1ccc(N=C2NN(Cc3ccccc3)C(=O)C2n2nnc3cc(Br)ccc32)cc1. The van der Waals surface area contributed by atoms with Gasteiger partial charge in [-0.1, -0.05) is 155 Å². The van der Waals surface area contributed by atoms with Crippen molar-refractivity contribution in [1.29, 1.82) is 0 Å². The van der Waals surface area contributed by atoms with Crippen molar-refractivity contribution in [3.63, 3.8) is 0 Å². The molecule has 262 valence electrons. The Balaban J connectivity index is 1.04. The fourth-order valence-corrected chi connectivity index (χ4v) is 6.76. The Kier molecular flexibility index (Phi) is 15.0. The molecule has 1 fully saturated rings. The lowest BCUT2D eigenvalue weighted by molar-refractivity contribution is -0.132. The number of amides is 1. The summed E-state index contributed by atoms with van der Waals surface area (Å²) in [5.41, 5.74) is 6.46. The number of aliphatic imine (C=N–C) groups is 1. The van der Waals surface area contributed by atoms with Gasteiger partial charge in [0, 0.05) is 4.47 Å². The zero-order valence-electron chi connectivity index (χ0n) is 29.2. The number of hydrazine groups is 1. The van der Waals surface area contributed by atoms with Crippen molar-refractivity contribution in [2.75, 3.05) is 6.61 Å². The second-order valence-corrected chi connectivity index (χ2v) is 14.1. The van der Waals surface area contributed by atoms with Crippen LogP contribution in [0.3, 0.4) is 0 Å². The Hall–Kier alpha value is -3.72. The minimum atomic E-state index is -0.763. The number of aromatic nitrogens is 3. The maximum atomic E-state index is 13.8. The number of hydrogen-bond donors (Lipinski definition) is 1. The number of hydrogen-bond acceptors (Lipinski definition) is 5. The number of carbonyl (C=O) groups is 1.